The molecule has 0 heterocycles. The van der Waals surface area contributed by atoms with E-state index < -0.39 is 17.4 Å². The normalized spacial score (nSPS) is 11.0. The summed E-state index contributed by atoms with van der Waals surface area (Å²) in [7, 11) is 0. The number of hydrogen-bond donors (Lipinski definition) is 2. The van der Waals surface area contributed by atoms with Crippen LogP contribution in [0.4, 0.5) is 0 Å². The van der Waals surface area contributed by atoms with E-state index in [1.165, 1.54) is 0 Å². The third kappa shape index (κ3) is 9.77. The summed E-state index contributed by atoms with van der Waals surface area (Å²) in [5.74, 6) is -1.94. The molecule has 5 heteroatoms. The number of carboxylic acid groups (broad SMARTS) is 2. The summed E-state index contributed by atoms with van der Waals surface area (Å²) < 4.78 is 0. The summed E-state index contributed by atoms with van der Waals surface area (Å²) in [4.78, 5) is 22.7. The van der Waals surface area contributed by atoms with Crippen LogP contribution in [0.1, 0.15) is 84.5 Å². The SMILES string of the molecule is CCCCCCC(CCCCCC)(CC(=O)O)C(=O)O.S. The molecular formula is C16H32O4S. The first-order valence-corrected chi connectivity index (χ1v) is 7.93. The molecule has 0 aromatic heterocycles. The first kappa shape index (κ1) is 22.6. The molecule has 0 rings (SSSR count). The zero-order valence-electron chi connectivity index (χ0n) is 13.5. The molecule has 0 radical (unpaired) electrons. The maximum atomic E-state index is 11.6. The Bertz CT molecular complexity index is 280. The quantitative estimate of drug-likeness (QED) is 0.487. The molecule has 2 N–H and O–H groups in total. The van der Waals surface area contributed by atoms with Gasteiger partial charge in [-0.05, 0) is 12.8 Å². The molecule has 0 saturated carbocycles. The predicted octanol–water partition coefficient (Wildman–Crippen LogP) is 4.59. The van der Waals surface area contributed by atoms with Crippen molar-refractivity contribution in [3.8, 4) is 0 Å². The minimum absolute atomic E-state index is 0. The Morgan fingerprint density at radius 3 is 1.52 bits per heavy atom. The van der Waals surface area contributed by atoms with E-state index in [9.17, 15) is 14.7 Å². The minimum Gasteiger partial charge on any atom is -0.481 e. The Hall–Kier alpha value is -0.710. The lowest BCUT2D eigenvalue weighted by atomic mass is 9.75. The van der Waals surface area contributed by atoms with Gasteiger partial charge in [0.1, 0.15) is 0 Å². The van der Waals surface area contributed by atoms with Gasteiger partial charge in [-0.25, -0.2) is 0 Å². The lowest BCUT2D eigenvalue weighted by Crippen LogP contribution is -2.33. The Morgan fingerprint density at radius 1 is 0.810 bits per heavy atom. The van der Waals surface area contributed by atoms with Crippen molar-refractivity contribution in [3.05, 3.63) is 0 Å². The van der Waals surface area contributed by atoms with E-state index in [0.29, 0.717) is 12.8 Å². The monoisotopic (exact) mass is 320 g/mol. The number of carbonyl (C=O) groups is 2. The second-order valence-electron chi connectivity index (χ2n) is 5.78. The minimum atomic E-state index is -1.06. The van der Waals surface area contributed by atoms with E-state index in [2.05, 4.69) is 13.8 Å². The highest BCUT2D eigenvalue weighted by Crippen LogP contribution is 2.36. The maximum Gasteiger partial charge on any atom is 0.310 e. The van der Waals surface area contributed by atoms with Crippen molar-refractivity contribution in [2.75, 3.05) is 0 Å². The van der Waals surface area contributed by atoms with Gasteiger partial charge in [0, 0.05) is 0 Å². The molecule has 0 atom stereocenters. The number of hydrogen-bond acceptors (Lipinski definition) is 2. The fourth-order valence-corrected chi connectivity index (χ4v) is 2.66. The fraction of sp³-hybridized carbons (Fsp3) is 0.875. The van der Waals surface area contributed by atoms with Gasteiger partial charge in [-0.15, -0.1) is 0 Å². The average molecular weight is 320 g/mol. The van der Waals surface area contributed by atoms with E-state index in [1.807, 2.05) is 0 Å². The molecule has 0 fully saturated rings. The Morgan fingerprint density at radius 2 is 1.24 bits per heavy atom. The van der Waals surface area contributed by atoms with Crippen LogP contribution >= 0.6 is 13.5 Å². The van der Waals surface area contributed by atoms with Crippen LogP contribution in [0.25, 0.3) is 0 Å². The van der Waals surface area contributed by atoms with Crippen molar-refractivity contribution in [2.24, 2.45) is 5.41 Å². The topological polar surface area (TPSA) is 74.6 Å². The zero-order valence-corrected chi connectivity index (χ0v) is 14.5. The number of rotatable bonds is 13. The van der Waals surface area contributed by atoms with E-state index in [4.69, 9.17) is 5.11 Å². The molecule has 0 saturated heterocycles. The van der Waals surface area contributed by atoms with E-state index >= 15 is 0 Å². The second kappa shape index (κ2) is 13.0. The van der Waals surface area contributed by atoms with Gasteiger partial charge in [0.25, 0.3) is 0 Å². The van der Waals surface area contributed by atoms with Gasteiger partial charge >= 0.3 is 11.9 Å². The van der Waals surface area contributed by atoms with Gasteiger partial charge < -0.3 is 10.2 Å². The second-order valence-corrected chi connectivity index (χ2v) is 5.78. The van der Waals surface area contributed by atoms with Gasteiger partial charge in [0.2, 0.25) is 0 Å². The summed E-state index contributed by atoms with van der Waals surface area (Å²) in [5, 5.41) is 18.6. The summed E-state index contributed by atoms with van der Waals surface area (Å²) in [6, 6.07) is 0. The third-order valence-electron chi connectivity index (χ3n) is 3.96. The lowest BCUT2D eigenvalue weighted by molar-refractivity contribution is -0.157. The molecule has 0 unspecified atom stereocenters. The van der Waals surface area contributed by atoms with Crippen LogP contribution in [0.2, 0.25) is 0 Å². The van der Waals surface area contributed by atoms with Crippen molar-refractivity contribution < 1.29 is 19.8 Å². The first-order valence-electron chi connectivity index (χ1n) is 7.93. The summed E-state index contributed by atoms with van der Waals surface area (Å²) in [6.45, 7) is 4.21. The molecule has 0 aliphatic carbocycles. The number of unbranched alkanes of at least 4 members (excludes halogenated alkanes) is 6. The van der Waals surface area contributed by atoms with Crippen molar-refractivity contribution in [1.82, 2.24) is 0 Å². The van der Waals surface area contributed by atoms with Crippen molar-refractivity contribution in [1.29, 1.82) is 0 Å². The smallest absolute Gasteiger partial charge is 0.310 e. The Labute approximate surface area is 135 Å². The molecule has 0 aliphatic heterocycles. The third-order valence-corrected chi connectivity index (χ3v) is 3.96. The molecule has 0 aromatic carbocycles. The predicted molar refractivity (Wildman–Crippen MR) is 90.2 cm³/mol. The maximum absolute atomic E-state index is 11.6. The summed E-state index contributed by atoms with van der Waals surface area (Å²) in [5.41, 5.74) is -1.06. The highest BCUT2D eigenvalue weighted by atomic mass is 32.1. The van der Waals surface area contributed by atoms with Gasteiger partial charge in [-0.3, -0.25) is 9.59 Å². The van der Waals surface area contributed by atoms with E-state index in [1.54, 1.807) is 0 Å². The summed E-state index contributed by atoms with van der Waals surface area (Å²) in [6.07, 6.45) is 8.66. The van der Waals surface area contributed by atoms with Crippen LogP contribution in [0.3, 0.4) is 0 Å². The molecular weight excluding hydrogens is 288 g/mol. The van der Waals surface area contributed by atoms with Crippen LogP contribution in [0.5, 0.6) is 0 Å². The van der Waals surface area contributed by atoms with Crippen molar-refractivity contribution in [2.45, 2.75) is 84.5 Å². The molecule has 0 bridgehead atoms. The fourth-order valence-electron chi connectivity index (χ4n) is 2.66. The Balaban J connectivity index is 0. The Kier molecular flexibility index (Phi) is 14.0. The average Bonchev–Trinajstić information content (AvgIpc) is 2.38. The van der Waals surface area contributed by atoms with Crippen LogP contribution in [0.15, 0.2) is 0 Å². The van der Waals surface area contributed by atoms with Crippen LogP contribution in [-0.2, 0) is 9.59 Å². The van der Waals surface area contributed by atoms with Crippen LogP contribution < -0.4 is 0 Å². The van der Waals surface area contributed by atoms with E-state index in [0.717, 1.165) is 51.4 Å². The molecule has 4 nitrogen and oxygen atoms in total. The largest absolute Gasteiger partial charge is 0.481 e. The van der Waals surface area contributed by atoms with Gasteiger partial charge in [-0.2, -0.15) is 13.5 Å². The number of aliphatic carboxylic acids is 2. The zero-order chi connectivity index (χ0) is 15.4. The molecule has 0 amide bonds. The number of carboxylic acids is 2. The van der Waals surface area contributed by atoms with Crippen LogP contribution in [-0.4, -0.2) is 22.2 Å². The van der Waals surface area contributed by atoms with E-state index in [-0.39, 0.29) is 19.9 Å². The highest BCUT2D eigenvalue weighted by molar-refractivity contribution is 7.59. The first-order chi connectivity index (χ1) is 9.48. The molecule has 0 spiro atoms. The van der Waals surface area contributed by atoms with Gasteiger partial charge in [0.15, 0.2) is 0 Å². The highest BCUT2D eigenvalue weighted by Gasteiger charge is 2.39. The van der Waals surface area contributed by atoms with Crippen molar-refractivity contribution >= 4 is 25.4 Å². The van der Waals surface area contributed by atoms with Crippen molar-refractivity contribution in [3.63, 3.8) is 0 Å². The molecule has 0 aliphatic rings. The van der Waals surface area contributed by atoms with Crippen LogP contribution in [0, 0.1) is 5.41 Å². The molecule has 0 aromatic rings. The standard InChI is InChI=1S/C16H30O4.H2S/c1-3-5-7-9-11-16(15(19)20,13-14(17)18)12-10-8-6-4-2;/h3-13H2,1-2H3,(H,17,18)(H,19,20);1H2. The lowest BCUT2D eigenvalue weighted by Gasteiger charge is -2.28. The molecule has 126 valence electrons. The van der Waals surface area contributed by atoms with Gasteiger partial charge in [0.05, 0.1) is 11.8 Å². The summed E-state index contributed by atoms with van der Waals surface area (Å²) >= 11 is 0. The van der Waals surface area contributed by atoms with Gasteiger partial charge in [-0.1, -0.05) is 65.2 Å². The molecule has 21 heavy (non-hydrogen) atoms.